The van der Waals surface area contributed by atoms with E-state index in [0.29, 0.717) is 5.56 Å². The molecule has 1 heterocycles. The molecule has 0 saturated heterocycles. The number of carbonyl (C=O) groups is 2. The average Bonchev–Trinajstić information content (AvgIpc) is 2.65. The van der Waals surface area contributed by atoms with Gasteiger partial charge in [0.15, 0.2) is 5.78 Å². The summed E-state index contributed by atoms with van der Waals surface area (Å²) < 4.78 is 1.92. The highest BCUT2D eigenvalue weighted by atomic mass is 16.4. The van der Waals surface area contributed by atoms with Crippen molar-refractivity contribution in [2.75, 3.05) is 0 Å². The highest BCUT2D eigenvalue weighted by molar-refractivity contribution is 6.08. The van der Waals surface area contributed by atoms with Gasteiger partial charge in [-0.3, -0.25) is 9.59 Å². The largest absolute Gasteiger partial charge is 0.481 e. The van der Waals surface area contributed by atoms with Crippen LogP contribution in [0.15, 0.2) is 30.5 Å². The Bertz CT molecular complexity index is 667. The van der Waals surface area contributed by atoms with Crippen LogP contribution in [0, 0.1) is 5.41 Å². The fourth-order valence-corrected chi connectivity index (χ4v) is 2.57. The minimum absolute atomic E-state index is 0.00644. The number of fused-ring (bicyclic) bond motifs is 1. The van der Waals surface area contributed by atoms with Crippen molar-refractivity contribution in [3.63, 3.8) is 0 Å². The predicted octanol–water partition coefficient (Wildman–Crippen LogP) is 3.25. The zero-order chi connectivity index (χ0) is 14.9. The first-order chi connectivity index (χ1) is 9.30. The monoisotopic (exact) mass is 273 g/mol. The molecule has 4 heteroatoms. The molecule has 4 nitrogen and oxygen atoms in total. The first-order valence-electron chi connectivity index (χ1n) is 6.59. The summed E-state index contributed by atoms with van der Waals surface area (Å²) >= 11 is 0. The minimum Gasteiger partial charge on any atom is -0.481 e. The van der Waals surface area contributed by atoms with Crippen molar-refractivity contribution in [3.05, 3.63) is 36.0 Å². The summed E-state index contributed by atoms with van der Waals surface area (Å²) in [6.07, 6.45) is 2.04. The van der Waals surface area contributed by atoms with Crippen LogP contribution in [0.2, 0.25) is 0 Å². The standard InChI is InChI=1S/C16H19NO3/c1-16(2,9-15(19)20)8-14(18)12-10-17(3)13-7-5-4-6-11(12)13/h4-7,10H,8-9H2,1-3H3,(H,19,20). The molecule has 0 radical (unpaired) electrons. The molecule has 2 rings (SSSR count). The number of para-hydroxylation sites is 1. The molecule has 1 N–H and O–H groups in total. The van der Waals surface area contributed by atoms with E-state index in [0.717, 1.165) is 10.9 Å². The Morgan fingerprint density at radius 1 is 1.20 bits per heavy atom. The summed E-state index contributed by atoms with van der Waals surface area (Å²) in [5, 5.41) is 9.82. The fraction of sp³-hybridized carbons (Fsp3) is 0.375. The van der Waals surface area contributed by atoms with Crippen molar-refractivity contribution in [1.29, 1.82) is 0 Å². The predicted molar refractivity (Wildman–Crippen MR) is 77.9 cm³/mol. The van der Waals surface area contributed by atoms with Crippen molar-refractivity contribution >= 4 is 22.7 Å². The number of aliphatic carboxylic acids is 1. The number of ketones is 1. The molecular weight excluding hydrogens is 254 g/mol. The molecule has 20 heavy (non-hydrogen) atoms. The Balaban J connectivity index is 2.30. The van der Waals surface area contributed by atoms with Gasteiger partial charge >= 0.3 is 5.97 Å². The lowest BCUT2D eigenvalue weighted by Crippen LogP contribution is -2.21. The van der Waals surface area contributed by atoms with E-state index in [1.54, 1.807) is 0 Å². The number of benzene rings is 1. The van der Waals surface area contributed by atoms with Gasteiger partial charge in [0.1, 0.15) is 0 Å². The molecule has 1 aromatic heterocycles. The summed E-state index contributed by atoms with van der Waals surface area (Å²) in [7, 11) is 1.90. The van der Waals surface area contributed by atoms with E-state index < -0.39 is 11.4 Å². The lowest BCUT2D eigenvalue weighted by molar-refractivity contribution is -0.139. The van der Waals surface area contributed by atoms with Crippen molar-refractivity contribution in [2.45, 2.75) is 26.7 Å². The molecule has 0 amide bonds. The Hall–Kier alpha value is -2.10. The second-order valence-corrected chi connectivity index (χ2v) is 6.01. The van der Waals surface area contributed by atoms with Gasteiger partial charge < -0.3 is 9.67 Å². The number of rotatable bonds is 5. The SMILES string of the molecule is Cn1cc(C(=O)CC(C)(C)CC(=O)O)c2ccccc21. The first-order valence-corrected chi connectivity index (χ1v) is 6.59. The van der Waals surface area contributed by atoms with Crippen LogP contribution in [0.5, 0.6) is 0 Å². The highest BCUT2D eigenvalue weighted by Gasteiger charge is 2.27. The van der Waals surface area contributed by atoms with Gasteiger partial charge in [-0.1, -0.05) is 32.0 Å². The van der Waals surface area contributed by atoms with E-state index in [-0.39, 0.29) is 18.6 Å². The molecule has 0 spiro atoms. The molecule has 0 unspecified atom stereocenters. The van der Waals surface area contributed by atoms with E-state index in [4.69, 9.17) is 5.11 Å². The zero-order valence-electron chi connectivity index (χ0n) is 12.0. The van der Waals surface area contributed by atoms with Gasteiger partial charge in [-0.05, 0) is 11.5 Å². The normalized spacial score (nSPS) is 11.8. The van der Waals surface area contributed by atoms with Crippen LogP contribution >= 0.6 is 0 Å². The number of aromatic nitrogens is 1. The molecule has 0 bridgehead atoms. The number of Topliss-reactive ketones (excluding diaryl/α,β-unsaturated/α-hetero) is 1. The van der Waals surface area contributed by atoms with Gasteiger partial charge in [0.05, 0.1) is 6.42 Å². The number of aryl methyl sites for hydroxylation is 1. The van der Waals surface area contributed by atoms with Crippen molar-refractivity contribution < 1.29 is 14.7 Å². The van der Waals surface area contributed by atoms with Crippen LogP contribution < -0.4 is 0 Å². The van der Waals surface area contributed by atoms with Gasteiger partial charge in [0.25, 0.3) is 0 Å². The lowest BCUT2D eigenvalue weighted by atomic mass is 9.82. The maximum Gasteiger partial charge on any atom is 0.303 e. The third-order valence-electron chi connectivity index (χ3n) is 3.47. The maximum atomic E-state index is 12.5. The Labute approximate surface area is 118 Å². The fourth-order valence-electron chi connectivity index (χ4n) is 2.57. The van der Waals surface area contributed by atoms with Gasteiger partial charge in [-0.25, -0.2) is 0 Å². The summed E-state index contributed by atoms with van der Waals surface area (Å²) in [6.45, 7) is 3.62. The molecule has 0 atom stereocenters. The topological polar surface area (TPSA) is 59.3 Å². The number of carbonyl (C=O) groups excluding carboxylic acids is 1. The smallest absolute Gasteiger partial charge is 0.303 e. The van der Waals surface area contributed by atoms with Gasteiger partial charge in [-0.2, -0.15) is 0 Å². The Morgan fingerprint density at radius 2 is 1.85 bits per heavy atom. The molecule has 2 aromatic rings. The number of hydrogen-bond acceptors (Lipinski definition) is 2. The van der Waals surface area contributed by atoms with Crippen LogP contribution in [-0.2, 0) is 11.8 Å². The third kappa shape index (κ3) is 2.90. The summed E-state index contributed by atoms with van der Waals surface area (Å²) in [5.74, 6) is -0.881. The number of hydrogen-bond donors (Lipinski definition) is 1. The Morgan fingerprint density at radius 3 is 2.50 bits per heavy atom. The molecule has 0 saturated carbocycles. The maximum absolute atomic E-state index is 12.5. The summed E-state index contributed by atoms with van der Waals surface area (Å²) in [5.41, 5.74) is 1.13. The van der Waals surface area contributed by atoms with Crippen LogP contribution in [0.25, 0.3) is 10.9 Å². The van der Waals surface area contributed by atoms with Crippen molar-refractivity contribution in [1.82, 2.24) is 4.57 Å². The number of carboxylic acids is 1. The van der Waals surface area contributed by atoms with Crippen LogP contribution in [-0.4, -0.2) is 21.4 Å². The minimum atomic E-state index is -0.874. The van der Waals surface area contributed by atoms with E-state index in [1.165, 1.54) is 0 Å². The first kappa shape index (κ1) is 14.3. The molecule has 1 aromatic carbocycles. The van der Waals surface area contributed by atoms with E-state index in [9.17, 15) is 9.59 Å². The molecule has 0 aliphatic rings. The van der Waals surface area contributed by atoms with Crippen LogP contribution in [0.1, 0.15) is 37.0 Å². The van der Waals surface area contributed by atoms with E-state index >= 15 is 0 Å². The van der Waals surface area contributed by atoms with Crippen molar-refractivity contribution in [2.24, 2.45) is 12.5 Å². The van der Waals surface area contributed by atoms with Gasteiger partial charge in [0, 0.05) is 36.1 Å². The molecule has 0 fully saturated rings. The average molecular weight is 273 g/mol. The van der Waals surface area contributed by atoms with Crippen LogP contribution in [0.4, 0.5) is 0 Å². The lowest BCUT2D eigenvalue weighted by Gasteiger charge is -2.20. The second kappa shape index (κ2) is 5.12. The van der Waals surface area contributed by atoms with E-state index in [2.05, 4.69) is 0 Å². The van der Waals surface area contributed by atoms with Crippen LogP contribution in [0.3, 0.4) is 0 Å². The quantitative estimate of drug-likeness (QED) is 0.851. The third-order valence-corrected chi connectivity index (χ3v) is 3.47. The zero-order valence-corrected chi connectivity index (χ0v) is 12.0. The molecule has 0 aliphatic heterocycles. The van der Waals surface area contributed by atoms with E-state index in [1.807, 2.05) is 55.9 Å². The number of nitrogens with zero attached hydrogens (tertiary/aromatic N) is 1. The number of carboxylic acid groups (broad SMARTS) is 1. The summed E-state index contributed by atoms with van der Waals surface area (Å²) in [6, 6.07) is 7.73. The van der Waals surface area contributed by atoms with Crippen molar-refractivity contribution in [3.8, 4) is 0 Å². The summed E-state index contributed by atoms with van der Waals surface area (Å²) in [4.78, 5) is 23.3. The van der Waals surface area contributed by atoms with Gasteiger partial charge in [-0.15, -0.1) is 0 Å². The molecule has 106 valence electrons. The second-order valence-electron chi connectivity index (χ2n) is 6.01. The van der Waals surface area contributed by atoms with Gasteiger partial charge in [0.2, 0.25) is 0 Å². The Kier molecular flexibility index (Phi) is 3.66. The highest BCUT2D eigenvalue weighted by Crippen LogP contribution is 2.29. The molecule has 0 aliphatic carbocycles. The molecular formula is C16H19NO3.